The number of rotatable bonds is 3. The van der Waals surface area contributed by atoms with Crippen LogP contribution in [-0.4, -0.2) is 18.8 Å². The summed E-state index contributed by atoms with van der Waals surface area (Å²) in [5, 5.41) is 9.86. The van der Waals surface area contributed by atoms with Crippen LogP contribution < -0.4 is 4.74 Å². The molecule has 1 aromatic carbocycles. The van der Waals surface area contributed by atoms with Gasteiger partial charge in [0, 0.05) is 12.0 Å². The molecule has 14 heavy (non-hydrogen) atoms. The monoisotopic (exact) mass is 233 g/mol. The average Bonchev–Trinajstić information content (AvgIpc) is 2.20. The summed E-state index contributed by atoms with van der Waals surface area (Å²) in [7, 11) is 1.55. The van der Waals surface area contributed by atoms with E-state index in [1.54, 1.807) is 26.2 Å². The van der Waals surface area contributed by atoms with E-state index in [0.29, 0.717) is 15.8 Å². The average molecular weight is 234 g/mol. The highest BCUT2D eigenvalue weighted by Gasteiger charge is 2.13. The van der Waals surface area contributed by atoms with Gasteiger partial charge in [0.15, 0.2) is 0 Å². The van der Waals surface area contributed by atoms with Crippen molar-refractivity contribution in [2.75, 3.05) is 13.7 Å². The third-order valence-electron chi connectivity index (χ3n) is 1.93. The molecule has 1 radical (unpaired) electrons. The molecule has 77 valence electrons. The first kappa shape index (κ1) is 11.6. The maximum atomic E-state index is 8.99. The third kappa shape index (κ3) is 2.32. The molecule has 0 unspecified atom stereocenters. The van der Waals surface area contributed by atoms with Crippen molar-refractivity contribution in [1.82, 2.24) is 0 Å². The highest BCUT2D eigenvalue weighted by atomic mass is 35.5. The molecule has 0 spiro atoms. The van der Waals surface area contributed by atoms with E-state index in [2.05, 4.69) is 0 Å². The molecule has 1 aromatic rings. The standard InChI is InChI=1S/C10H11Cl2O2/c1-6(5-13)8-3-7(14-2)4-9(11)10(8)12/h3-4,13H,5H2,1-2H3. The lowest BCUT2D eigenvalue weighted by Gasteiger charge is -2.12. The van der Waals surface area contributed by atoms with E-state index in [9.17, 15) is 0 Å². The largest absolute Gasteiger partial charge is 0.497 e. The molecule has 0 atom stereocenters. The second-order valence-electron chi connectivity index (χ2n) is 2.91. The Morgan fingerprint density at radius 2 is 2.07 bits per heavy atom. The Morgan fingerprint density at radius 1 is 1.43 bits per heavy atom. The highest BCUT2D eigenvalue weighted by Crippen LogP contribution is 2.34. The van der Waals surface area contributed by atoms with Crippen molar-refractivity contribution in [1.29, 1.82) is 0 Å². The molecule has 4 heteroatoms. The maximum Gasteiger partial charge on any atom is 0.120 e. The molecule has 0 saturated carbocycles. The first-order valence-electron chi connectivity index (χ1n) is 4.06. The molecule has 0 fully saturated rings. The summed E-state index contributed by atoms with van der Waals surface area (Å²) in [4.78, 5) is 0. The molecule has 1 rings (SSSR count). The summed E-state index contributed by atoms with van der Waals surface area (Å²) in [6.07, 6.45) is 0. The molecular weight excluding hydrogens is 223 g/mol. The van der Waals surface area contributed by atoms with Crippen molar-refractivity contribution < 1.29 is 9.84 Å². The van der Waals surface area contributed by atoms with Gasteiger partial charge in [-0.15, -0.1) is 0 Å². The van der Waals surface area contributed by atoms with E-state index >= 15 is 0 Å². The van der Waals surface area contributed by atoms with Gasteiger partial charge in [-0.25, -0.2) is 0 Å². The topological polar surface area (TPSA) is 29.5 Å². The van der Waals surface area contributed by atoms with Crippen molar-refractivity contribution in [3.63, 3.8) is 0 Å². The minimum atomic E-state index is -0.0524. The van der Waals surface area contributed by atoms with Crippen LogP contribution >= 0.6 is 23.2 Å². The highest BCUT2D eigenvalue weighted by molar-refractivity contribution is 6.42. The van der Waals surface area contributed by atoms with Crippen LogP contribution in [0.5, 0.6) is 5.75 Å². The molecule has 0 aromatic heterocycles. The molecule has 0 saturated heterocycles. The van der Waals surface area contributed by atoms with E-state index in [4.69, 9.17) is 33.0 Å². The zero-order chi connectivity index (χ0) is 10.7. The van der Waals surface area contributed by atoms with Gasteiger partial charge in [0.1, 0.15) is 5.75 Å². The minimum absolute atomic E-state index is 0.0524. The Morgan fingerprint density at radius 3 is 2.57 bits per heavy atom. The van der Waals surface area contributed by atoms with Crippen molar-refractivity contribution >= 4 is 23.2 Å². The number of hydrogen-bond acceptors (Lipinski definition) is 2. The number of aliphatic hydroxyl groups excluding tert-OH is 1. The number of hydrogen-bond donors (Lipinski definition) is 1. The van der Waals surface area contributed by atoms with E-state index in [1.807, 2.05) is 0 Å². The van der Waals surface area contributed by atoms with Crippen LogP contribution in [0.4, 0.5) is 0 Å². The van der Waals surface area contributed by atoms with Crippen LogP contribution in [0, 0.1) is 5.92 Å². The van der Waals surface area contributed by atoms with Gasteiger partial charge in [0.05, 0.1) is 23.8 Å². The molecule has 0 amide bonds. The van der Waals surface area contributed by atoms with E-state index in [1.165, 1.54) is 0 Å². The summed E-state index contributed by atoms with van der Waals surface area (Å²) in [6, 6.07) is 3.39. The minimum Gasteiger partial charge on any atom is -0.497 e. The fraction of sp³-hybridized carbons (Fsp3) is 0.300. The Kier molecular flexibility index (Phi) is 4.05. The zero-order valence-electron chi connectivity index (χ0n) is 7.97. The molecule has 0 aliphatic heterocycles. The number of methoxy groups -OCH3 is 1. The lowest BCUT2D eigenvalue weighted by molar-refractivity contribution is 0.314. The first-order chi connectivity index (χ1) is 6.60. The molecular formula is C10H11Cl2O2. The Bertz CT molecular complexity index is 326. The van der Waals surface area contributed by atoms with Gasteiger partial charge in [0.2, 0.25) is 0 Å². The fourth-order valence-corrected chi connectivity index (χ4v) is 1.56. The van der Waals surface area contributed by atoms with Gasteiger partial charge in [0.25, 0.3) is 0 Å². The molecule has 0 bridgehead atoms. The second kappa shape index (κ2) is 4.87. The van der Waals surface area contributed by atoms with Crippen LogP contribution in [-0.2, 0) is 0 Å². The van der Waals surface area contributed by atoms with E-state index in [-0.39, 0.29) is 6.61 Å². The van der Waals surface area contributed by atoms with E-state index in [0.717, 1.165) is 11.5 Å². The van der Waals surface area contributed by atoms with Gasteiger partial charge in [-0.1, -0.05) is 30.1 Å². The van der Waals surface area contributed by atoms with Crippen molar-refractivity contribution in [3.8, 4) is 5.75 Å². The molecule has 1 N–H and O–H groups in total. The lowest BCUT2D eigenvalue weighted by atomic mass is 10.0. The molecule has 0 aliphatic rings. The summed E-state index contributed by atoms with van der Waals surface area (Å²) in [5.41, 5.74) is 0.721. The number of halogens is 2. The normalized spacial score (nSPS) is 10.7. The molecule has 0 aliphatic carbocycles. The summed E-state index contributed by atoms with van der Waals surface area (Å²) >= 11 is 11.9. The third-order valence-corrected chi connectivity index (χ3v) is 2.74. The maximum absolute atomic E-state index is 8.99. The number of benzene rings is 1. The van der Waals surface area contributed by atoms with Crippen molar-refractivity contribution in [2.45, 2.75) is 6.92 Å². The summed E-state index contributed by atoms with van der Waals surface area (Å²) < 4.78 is 5.05. The van der Waals surface area contributed by atoms with Crippen molar-refractivity contribution in [2.24, 2.45) is 0 Å². The summed E-state index contributed by atoms with van der Waals surface area (Å²) in [6.45, 7) is 1.74. The molecule has 2 nitrogen and oxygen atoms in total. The van der Waals surface area contributed by atoms with Gasteiger partial charge in [-0.2, -0.15) is 0 Å². The van der Waals surface area contributed by atoms with Crippen LogP contribution in [0.25, 0.3) is 0 Å². The van der Waals surface area contributed by atoms with Gasteiger partial charge in [-0.05, 0) is 11.6 Å². The van der Waals surface area contributed by atoms with Crippen LogP contribution in [0.3, 0.4) is 0 Å². The lowest BCUT2D eigenvalue weighted by Crippen LogP contribution is -2.01. The van der Waals surface area contributed by atoms with Gasteiger partial charge < -0.3 is 9.84 Å². The van der Waals surface area contributed by atoms with Gasteiger partial charge >= 0.3 is 0 Å². The van der Waals surface area contributed by atoms with E-state index < -0.39 is 0 Å². The van der Waals surface area contributed by atoms with Crippen LogP contribution in [0.15, 0.2) is 12.1 Å². The smallest absolute Gasteiger partial charge is 0.120 e. The Balaban J connectivity index is 3.20. The van der Waals surface area contributed by atoms with Crippen LogP contribution in [0.2, 0.25) is 10.0 Å². The predicted molar refractivity (Wildman–Crippen MR) is 58.1 cm³/mol. The number of ether oxygens (including phenoxy) is 1. The Labute approximate surface area is 93.4 Å². The Hall–Kier alpha value is -0.440. The zero-order valence-corrected chi connectivity index (χ0v) is 9.49. The number of aliphatic hydroxyl groups is 1. The van der Waals surface area contributed by atoms with Crippen LogP contribution in [0.1, 0.15) is 12.5 Å². The SMILES string of the molecule is COc1cc(Cl)c(Cl)c([C](C)CO)c1. The fourth-order valence-electron chi connectivity index (χ4n) is 1.08. The first-order valence-corrected chi connectivity index (χ1v) is 4.82. The second-order valence-corrected chi connectivity index (χ2v) is 3.69. The summed E-state index contributed by atoms with van der Waals surface area (Å²) in [5.74, 6) is 1.39. The van der Waals surface area contributed by atoms with Crippen molar-refractivity contribution in [3.05, 3.63) is 33.7 Å². The predicted octanol–water partition coefficient (Wildman–Crippen LogP) is 2.94. The quantitative estimate of drug-likeness (QED) is 0.871. The molecule has 0 heterocycles. The van der Waals surface area contributed by atoms with Gasteiger partial charge in [-0.3, -0.25) is 0 Å².